The van der Waals surface area contributed by atoms with E-state index in [1.54, 1.807) is 6.20 Å². The topological polar surface area (TPSA) is 38.9 Å². The van der Waals surface area contributed by atoms with Crippen molar-refractivity contribution in [1.82, 2.24) is 4.98 Å². The average Bonchev–Trinajstić information content (AvgIpc) is 2.30. The first-order valence-electron chi connectivity index (χ1n) is 5.15. The van der Waals surface area contributed by atoms with Gasteiger partial charge in [-0.3, -0.25) is 4.98 Å². The van der Waals surface area contributed by atoms with Gasteiger partial charge in [0, 0.05) is 22.9 Å². The molecule has 82 valence electrons. The number of nitrogens with zero attached hydrogens (tertiary/aromatic N) is 1. The fourth-order valence-electron chi connectivity index (χ4n) is 1.62. The molecule has 0 aliphatic rings. The van der Waals surface area contributed by atoms with E-state index in [0.717, 1.165) is 16.5 Å². The van der Waals surface area contributed by atoms with Gasteiger partial charge in [0.2, 0.25) is 0 Å². The van der Waals surface area contributed by atoms with Gasteiger partial charge >= 0.3 is 0 Å². The van der Waals surface area contributed by atoms with Gasteiger partial charge in [0.25, 0.3) is 0 Å². The second-order valence-corrected chi connectivity index (χ2v) is 4.65. The maximum atomic E-state index is 6.14. The molecule has 2 aromatic rings. The Labute approximate surface area is 104 Å². The van der Waals surface area contributed by atoms with Gasteiger partial charge in [-0.05, 0) is 39.5 Å². The molecule has 2 rings (SSSR count). The van der Waals surface area contributed by atoms with Crippen molar-refractivity contribution in [2.45, 2.75) is 12.5 Å². The number of benzene rings is 1. The average molecular weight is 277 g/mol. The molecule has 0 aliphatic heterocycles. The van der Waals surface area contributed by atoms with E-state index >= 15 is 0 Å². The Hall–Kier alpha value is -1.19. The van der Waals surface area contributed by atoms with Gasteiger partial charge in [-0.1, -0.05) is 30.3 Å². The smallest absolute Gasteiger partial charge is 0.0410 e. The molecule has 0 fully saturated rings. The number of pyridine rings is 1. The molecule has 3 heteroatoms. The van der Waals surface area contributed by atoms with Crippen LogP contribution in [0.3, 0.4) is 0 Å². The van der Waals surface area contributed by atoms with E-state index in [1.165, 1.54) is 5.56 Å². The van der Waals surface area contributed by atoms with Gasteiger partial charge in [0.05, 0.1) is 0 Å². The van der Waals surface area contributed by atoms with Gasteiger partial charge in [-0.2, -0.15) is 0 Å². The minimum Gasteiger partial charge on any atom is -0.324 e. The Morgan fingerprint density at radius 1 is 1.19 bits per heavy atom. The van der Waals surface area contributed by atoms with Crippen molar-refractivity contribution in [1.29, 1.82) is 0 Å². The quantitative estimate of drug-likeness (QED) is 0.936. The van der Waals surface area contributed by atoms with Crippen LogP contribution < -0.4 is 5.73 Å². The summed E-state index contributed by atoms with van der Waals surface area (Å²) >= 11 is 3.40. The second kappa shape index (κ2) is 5.23. The van der Waals surface area contributed by atoms with Gasteiger partial charge < -0.3 is 5.73 Å². The number of hydrogen-bond acceptors (Lipinski definition) is 2. The maximum absolute atomic E-state index is 6.14. The zero-order chi connectivity index (χ0) is 11.4. The predicted molar refractivity (Wildman–Crippen MR) is 69.0 cm³/mol. The number of halogens is 1. The van der Waals surface area contributed by atoms with E-state index in [4.69, 9.17) is 5.73 Å². The SMILES string of the molecule is NC(Cc1ccccc1)c1cncc(Br)c1. The number of rotatable bonds is 3. The summed E-state index contributed by atoms with van der Waals surface area (Å²) in [4.78, 5) is 4.12. The van der Waals surface area contributed by atoms with E-state index in [-0.39, 0.29) is 6.04 Å². The summed E-state index contributed by atoms with van der Waals surface area (Å²) in [5.41, 5.74) is 8.43. The van der Waals surface area contributed by atoms with Crippen LogP contribution in [-0.4, -0.2) is 4.98 Å². The molecule has 0 bridgehead atoms. The lowest BCUT2D eigenvalue weighted by molar-refractivity contribution is 0.717. The second-order valence-electron chi connectivity index (χ2n) is 3.73. The summed E-state index contributed by atoms with van der Waals surface area (Å²) in [7, 11) is 0. The van der Waals surface area contributed by atoms with Crippen LogP contribution in [0.4, 0.5) is 0 Å². The van der Waals surface area contributed by atoms with Crippen molar-refractivity contribution in [3.63, 3.8) is 0 Å². The molecule has 1 heterocycles. The Morgan fingerprint density at radius 2 is 1.94 bits per heavy atom. The molecule has 0 saturated heterocycles. The summed E-state index contributed by atoms with van der Waals surface area (Å²) in [6.45, 7) is 0. The Balaban J connectivity index is 2.12. The van der Waals surface area contributed by atoms with Crippen LogP contribution in [0.2, 0.25) is 0 Å². The molecule has 1 atom stereocenters. The normalized spacial score (nSPS) is 12.4. The largest absolute Gasteiger partial charge is 0.324 e. The molecular formula is C13H13BrN2. The fourth-order valence-corrected chi connectivity index (χ4v) is 2.00. The molecule has 0 amide bonds. The first kappa shape index (κ1) is 11.3. The monoisotopic (exact) mass is 276 g/mol. The molecule has 2 N–H and O–H groups in total. The fraction of sp³-hybridized carbons (Fsp3) is 0.154. The van der Waals surface area contributed by atoms with E-state index in [9.17, 15) is 0 Å². The van der Waals surface area contributed by atoms with Crippen LogP contribution >= 0.6 is 15.9 Å². The summed E-state index contributed by atoms with van der Waals surface area (Å²) in [5.74, 6) is 0. The highest BCUT2D eigenvalue weighted by molar-refractivity contribution is 9.10. The third-order valence-corrected chi connectivity index (χ3v) is 2.89. The van der Waals surface area contributed by atoms with Crippen LogP contribution in [0.25, 0.3) is 0 Å². The lowest BCUT2D eigenvalue weighted by atomic mass is 10.0. The zero-order valence-corrected chi connectivity index (χ0v) is 10.4. The third kappa shape index (κ3) is 2.90. The zero-order valence-electron chi connectivity index (χ0n) is 8.81. The summed E-state index contributed by atoms with van der Waals surface area (Å²) in [6, 6.07) is 12.3. The summed E-state index contributed by atoms with van der Waals surface area (Å²) in [5, 5.41) is 0. The van der Waals surface area contributed by atoms with Crippen LogP contribution in [-0.2, 0) is 6.42 Å². The predicted octanol–water partition coefficient (Wildman–Crippen LogP) is 3.09. The molecule has 16 heavy (non-hydrogen) atoms. The molecular weight excluding hydrogens is 264 g/mol. The van der Waals surface area contributed by atoms with Crippen LogP contribution in [0.15, 0.2) is 53.3 Å². The van der Waals surface area contributed by atoms with Crippen LogP contribution in [0.5, 0.6) is 0 Å². The van der Waals surface area contributed by atoms with Crippen molar-refractivity contribution >= 4 is 15.9 Å². The molecule has 1 aromatic carbocycles. The number of aromatic nitrogens is 1. The van der Waals surface area contributed by atoms with Gasteiger partial charge in [-0.25, -0.2) is 0 Å². The van der Waals surface area contributed by atoms with E-state index in [0.29, 0.717) is 0 Å². The van der Waals surface area contributed by atoms with E-state index < -0.39 is 0 Å². The van der Waals surface area contributed by atoms with Crippen molar-refractivity contribution in [2.75, 3.05) is 0 Å². The van der Waals surface area contributed by atoms with Crippen molar-refractivity contribution in [2.24, 2.45) is 5.73 Å². The molecule has 0 aliphatic carbocycles. The van der Waals surface area contributed by atoms with Crippen LogP contribution in [0, 0.1) is 0 Å². The molecule has 0 spiro atoms. The highest BCUT2D eigenvalue weighted by Gasteiger charge is 2.07. The van der Waals surface area contributed by atoms with Gasteiger partial charge in [0.15, 0.2) is 0 Å². The Bertz CT molecular complexity index is 456. The lowest BCUT2D eigenvalue weighted by Crippen LogP contribution is -2.13. The van der Waals surface area contributed by atoms with Crippen molar-refractivity contribution < 1.29 is 0 Å². The Morgan fingerprint density at radius 3 is 2.62 bits per heavy atom. The third-order valence-electron chi connectivity index (χ3n) is 2.45. The maximum Gasteiger partial charge on any atom is 0.0410 e. The van der Waals surface area contributed by atoms with E-state index in [1.807, 2.05) is 30.5 Å². The highest BCUT2D eigenvalue weighted by atomic mass is 79.9. The summed E-state index contributed by atoms with van der Waals surface area (Å²) < 4.78 is 0.966. The van der Waals surface area contributed by atoms with Crippen molar-refractivity contribution in [3.05, 3.63) is 64.4 Å². The number of hydrogen-bond donors (Lipinski definition) is 1. The van der Waals surface area contributed by atoms with Gasteiger partial charge in [0.1, 0.15) is 0 Å². The highest BCUT2D eigenvalue weighted by Crippen LogP contribution is 2.18. The van der Waals surface area contributed by atoms with Gasteiger partial charge in [-0.15, -0.1) is 0 Å². The Kier molecular flexibility index (Phi) is 3.70. The minimum atomic E-state index is -0.00704. The first-order chi connectivity index (χ1) is 7.75. The lowest BCUT2D eigenvalue weighted by Gasteiger charge is -2.11. The first-order valence-corrected chi connectivity index (χ1v) is 5.95. The molecule has 0 radical (unpaired) electrons. The molecule has 1 unspecified atom stereocenters. The molecule has 0 saturated carbocycles. The minimum absolute atomic E-state index is 0.00704. The molecule has 1 aromatic heterocycles. The van der Waals surface area contributed by atoms with E-state index in [2.05, 4.69) is 33.0 Å². The standard InChI is InChI=1S/C13H13BrN2/c14-12-7-11(8-16-9-12)13(15)6-10-4-2-1-3-5-10/h1-5,7-9,13H,6,15H2. The number of nitrogens with two attached hydrogens (primary N) is 1. The van der Waals surface area contributed by atoms with Crippen molar-refractivity contribution in [3.8, 4) is 0 Å². The summed E-state index contributed by atoms with van der Waals surface area (Å²) in [6.07, 6.45) is 4.41. The molecule has 2 nitrogen and oxygen atoms in total. The van der Waals surface area contributed by atoms with Crippen LogP contribution in [0.1, 0.15) is 17.2 Å².